The average Bonchev–Trinajstić information content (AvgIpc) is 3.17. The van der Waals surface area contributed by atoms with Gasteiger partial charge in [-0.2, -0.15) is 0 Å². The van der Waals surface area contributed by atoms with Crippen LogP contribution in [0.25, 0.3) is 0 Å². The lowest BCUT2D eigenvalue weighted by molar-refractivity contribution is -0.114. The molecule has 2 amide bonds. The molecule has 194 valence electrons. The molecule has 1 N–H and O–H groups in total. The molecule has 0 bridgehead atoms. The third kappa shape index (κ3) is 6.63. The molecule has 3 aromatic carbocycles. The summed E-state index contributed by atoms with van der Waals surface area (Å²) in [6, 6.07) is 18.7. The molecule has 0 aliphatic carbocycles. The lowest BCUT2D eigenvalue weighted by Gasteiger charge is -2.25. The van der Waals surface area contributed by atoms with Crippen LogP contribution in [0.15, 0.2) is 77.7 Å². The first-order chi connectivity index (χ1) is 17.8. The Bertz CT molecular complexity index is 1370. The normalized spacial score (nSPS) is 14.1. The quantitative estimate of drug-likeness (QED) is 0.393. The van der Waals surface area contributed by atoms with Gasteiger partial charge in [0.25, 0.3) is 15.9 Å². The van der Waals surface area contributed by atoms with E-state index in [4.69, 9.17) is 23.2 Å². The van der Waals surface area contributed by atoms with Crippen LogP contribution < -0.4 is 9.62 Å². The van der Waals surface area contributed by atoms with E-state index in [1.54, 1.807) is 47.4 Å². The number of nitrogens with zero attached hydrogens (tertiary/aromatic N) is 2. The Morgan fingerprint density at radius 3 is 2.19 bits per heavy atom. The predicted octanol–water partition coefficient (Wildman–Crippen LogP) is 5.84. The van der Waals surface area contributed by atoms with E-state index in [1.807, 2.05) is 0 Å². The molecule has 1 saturated heterocycles. The first kappa shape index (κ1) is 27.0. The van der Waals surface area contributed by atoms with Crippen LogP contribution in [-0.4, -0.2) is 44.8 Å². The Labute approximate surface area is 227 Å². The molecule has 0 unspecified atom stereocenters. The van der Waals surface area contributed by atoms with Crippen molar-refractivity contribution in [1.82, 2.24) is 4.90 Å². The highest BCUT2D eigenvalue weighted by Gasteiger charge is 2.28. The number of amides is 2. The number of carbonyl (C=O) groups excluding carboxylic acids is 2. The topological polar surface area (TPSA) is 86.8 Å². The summed E-state index contributed by atoms with van der Waals surface area (Å²) in [4.78, 5) is 28.3. The Morgan fingerprint density at radius 1 is 0.838 bits per heavy atom. The number of sulfonamides is 1. The maximum Gasteiger partial charge on any atom is 0.264 e. The van der Waals surface area contributed by atoms with Gasteiger partial charge in [-0.05, 0) is 67.4 Å². The molecule has 1 aliphatic heterocycles. The Kier molecular flexibility index (Phi) is 8.74. The highest BCUT2D eigenvalue weighted by Crippen LogP contribution is 2.27. The second kappa shape index (κ2) is 12.0. The number of carbonyl (C=O) groups is 2. The van der Waals surface area contributed by atoms with Gasteiger partial charge in [-0.15, -0.1) is 0 Å². The minimum Gasteiger partial charge on any atom is -0.339 e. The van der Waals surface area contributed by atoms with Gasteiger partial charge < -0.3 is 10.2 Å². The van der Waals surface area contributed by atoms with Crippen molar-refractivity contribution in [2.24, 2.45) is 0 Å². The summed E-state index contributed by atoms with van der Waals surface area (Å²) in [6.45, 7) is 0.809. The summed E-state index contributed by atoms with van der Waals surface area (Å²) < 4.78 is 28.1. The van der Waals surface area contributed by atoms with E-state index in [0.29, 0.717) is 34.4 Å². The second-order valence-corrected chi connectivity index (χ2v) is 11.5. The molecular weight excluding hydrogens is 533 g/mol. The zero-order valence-electron chi connectivity index (χ0n) is 20.1. The Morgan fingerprint density at radius 2 is 1.51 bits per heavy atom. The van der Waals surface area contributed by atoms with Crippen molar-refractivity contribution < 1.29 is 18.0 Å². The van der Waals surface area contributed by atoms with Crippen LogP contribution in [0.5, 0.6) is 0 Å². The fraction of sp³-hybridized carbons (Fsp3) is 0.259. The van der Waals surface area contributed by atoms with Crippen molar-refractivity contribution in [3.63, 3.8) is 0 Å². The molecular formula is C27H27Cl2N3O4S. The molecule has 3 aromatic rings. The van der Waals surface area contributed by atoms with Gasteiger partial charge in [0.15, 0.2) is 0 Å². The average molecular weight is 561 g/mol. The first-order valence-corrected chi connectivity index (χ1v) is 14.2. The van der Waals surface area contributed by atoms with Crippen molar-refractivity contribution in [1.29, 1.82) is 0 Å². The summed E-state index contributed by atoms with van der Waals surface area (Å²) in [6.07, 6.45) is 4.06. The fourth-order valence-electron chi connectivity index (χ4n) is 4.22. The maximum absolute atomic E-state index is 13.6. The number of para-hydroxylation sites is 1. The van der Waals surface area contributed by atoms with Gasteiger partial charge in [-0.1, -0.05) is 54.2 Å². The van der Waals surface area contributed by atoms with Crippen LogP contribution in [0.4, 0.5) is 11.4 Å². The van der Waals surface area contributed by atoms with Gasteiger partial charge in [0, 0.05) is 23.1 Å². The number of nitrogens with one attached hydrogen (secondary N) is 1. The van der Waals surface area contributed by atoms with Gasteiger partial charge in [0.05, 0.1) is 21.8 Å². The molecule has 4 rings (SSSR count). The highest BCUT2D eigenvalue weighted by atomic mass is 35.5. The smallest absolute Gasteiger partial charge is 0.264 e. The van der Waals surface area contributed by atoms with Crippen LogP contribution in [-0.2, 0) is 14.8 Å². The van der Waals surface area contributed by atoms with Gasteiger partial charge in [-0.3, -0.25) is 13.9 Å². The van der Waals surface area contributed by atoms with E-state index in [9.17, 15) is 18.0 Å². The summed E-state index contributed by atoms with van der Waals surface area (Å²) in [5.74, 6) is -0.757. The number of rotatable bonds is 7. The van der Waals surface area contributed by atoms with E-state index in [1.165, 1.54) is 30.3 Å². The summed E-state index contributed by atoms with van der Waals surface area (Å²) in [7, 11) is -4.14. The number of halogens is 2. The summed E-state index contributed by atoms with van der Waals surface area (Å²) in [5, 5.41) is 3.45. The zero-order chi connectivity index (χ0) is 26.4. The van der Waals surface area contributed by atoms with Gasteiger partial charge >= 0.3 is 0 Å². The van der Waals surface area contributed by atoms with E-state index in [0.717, 1.165) is 30.0 Å². The number of hydrogen-bond acceptors (Lipinski definition) is 4. The minimum atomic E-state index is -4.14. The zero-order valence-corrected chi connectivity index (χ0v) is 22.4. The van der Waals surface area contributed by atoms with Crippen LogP contribution in [0.3, 0.4) is 0 Å². The molecule has 7 nitrogen and oxygen atoms in total. The van der Waals surface area contributed by atoms with Crippen molar-refractivity contribution in [2.75, 3.05) is 29.3 Å². The lowest BCUT2D eigenvalue weighted by atomic mass is 10.1. The standard InChI is InChI=1S/C27H27Cl2N3O4S/c28-20-12-14-23(15-13-20)37(35,36)32(22-9-7-8-21(29)18-22)19-26(33)30-25-11-4-3-10-24(25)27(34)31-16-5-1-2-6-17-31/h3-4,7-15,18H,1-2,5-6,16-17,19H2,(H,30,33). The number of benzene rings is 3. The van der Waals surface area contributed by atoms with Crippen LogP contribution in [0.2, 0.25) is 10.0 Å². The van der Waals surface area contributed by atoms with Crippen LogP contribution in [0.1, 0.15) is 36.0 Å². The maximum atomic E-state index is 13.6. The fourth-order valence-corrected chi connectivity index (χ4v) is 5.95. The molecule has 0 radical (unpaired) electrons. The second-order valence-electron chi connectivity index (χ2n) is 8.75. The molecule has 0 spiro atoms. The van der Waals surface area contributed by atoms with Crippen molar-refractivity contribution in [2.45, 2.75) is 30.6 Å². The van der Waals surface area contributed by atoms with Crippen LogP contribution in [0, 0.1) is 0 Å². The SMILES string of the molecule is O=C(CN(c1cccc(Cl)c1)S(=O)(=O)c1ccc(Cl)cc1)Nc1ccccc1C(=O)N1CCCCCC1. The van der Waals surface area contributed by atoms with E-state index < -0.39 is 22.5 Å². The van der Waals surface area contributed by atoms with Crippen molar-refractivity contribution >= 4 is 56.4 Å². The Hall–Kier alpha value is -3.07. The van der Waals surface area contributed by atoms with Gasteiger partial charge in [0.1, 0.15) is 6.54 Å². The molecule has 10 heteroatoms. The van der Waals surface area contributed by atoms with Crippen LogP contribution >= 0.6 is 23.2 Å². The van der Waals surface area contributed by atoms with E-state index >= 15 is 0 Å². The molecule has 0 saturated carbocycles. The Balaban J connectivity index is 1.61. The van der Waals surface area contributed by atoms with Gasteiger partial charge in [0.2, 0.25) is 5.91 Å². The molecule has 37 heavy (non-hydrogen) atoms. The van der Waals surface area contributed by atoms with Gasteiger partial charge in [-0.25, -0.2) is 8.42 Å². The largest absolute Gasteiger partial charge is 0.339 e. The molecule has 1 heterocycles. The minimum absolute atomic E-state index is 0.0265. The van der Waals surface area contributed by atoms with E-state index in [-0.39, 0.29) is 16.5 Å². The number of hydrogen-bond donors (Lipinski definition) is 1. The lowest BCUT2D eigenvalue weighted by Crippen LogP contribution is -2.38. The molecule has 0 atom stereocenters. The number of anilines is 2. The third-order valence-electron chi connectivity index (χ3n) is 6.11. The predicted molar refractivity (Wildman–Crippen MR) is 147 cm³/mol. The third-order valence-corrected chi connectivity index (χ3v) is 8.39. The van der Waals surface area contributed by atoms with Crippen molar-refractivity contribution in [3.05, 3.63) is 88.4 Å². The first-order valence-electron chi connectivity index (χ1n) is 12.0. The molecule has 0 aromatic heterocycles. The number of likely N-dealkylation sites (tertiary alicyclic amines) is 1. The molecule has 1 fully saturated rings. The van der Waals surface area contributed by atoms with E-state index in [2.05, 4.69) is 5.32 Å². The van der Waals surface area contributed by atoms with Crippen molar-refractivity contribution in [3.8, 4) is 0 Å². The molecule has 1 aliphatic rings. The summed E-state index contributed by atoms with van der Waals surface area (Å²) in [5.41, 5.74) is 0.927. The monoisotopic (exact) mass is 559 g/mol. The summed E-state index contributed by atoms with van der Waals surface area (Å²) >= 11 is 12.1. The highest BCUT2D eigenvalue weighted by molar-refractivity contribution is 7.92.